The van der Waals surface area contributed by atoms with Crippen LogP contribution in [0.25, 0.3) is 33.4 Å². The number of anilines is 1. The number of hydrogen-bond acceptors (Lipinski definition) is 6. The number of benzene rings is 5. The van der Waals surface area contributed by atoms with Crippen molar-refractivity contribution in [1.82, 2.24) is 0 Å². The molecule has 133 heavy (non-hydrogen) atoms. The fourth-order valence-corrected chi connectivity index (χ4v) is 15.6. The van der Waals surface area contributed by atoms with E-state index in [1.807, 2.05) is 12.1 Å². The van der Waals surface area contributed by atoms with E-state index in [0.29, 0.717) is 57.4 Å². The first kappa shape index (κ1) is 109. The fourth-order valence-electron chi connectivity index (χ4n) is 15.6. The Kier molecular flexibility index (Phi) is 31.0. The van der Waals surface area contributed by atoms with Crippen LogP contribution in [0.5, 0.6) is 5.75 Å². The second-order valence-electron chi connectivity index (χ2n) is 33.8. The molecule has 0 radical (unpaired) electrons. The molecule has 740 valence electrons. The molecule has 1 N–H and O–H groups in total. The van der Waals surface area contributed by atoms with Gasteiger partial charge in [-0.1, -0.05) is 108 Å². The monoisotopic (exact) mass is 2030 g/mol. The van der Waals surface area contributed by atoms with Gasteiger partial charge in [0, 0.05) is 113 Å². The molecular formula is C88H98F30N5O5P5. The third-order valence-corrected chi connectivity index (χ3v) is 20.7. The molecule has 0 atom stereocenters. The SMILES string of the molecule is CC(C)c1cc(C(C)C)c(CNc2ccc(C3=C[C+]=C(c4ccc(OCCOCCOCCOC(=O)C56CC7CC(CC(C7)C5)C6)cc4)CC=C3)cc2)c(C(C)C)c1.F[P-](F)(F)(F)(F)F.F[P-](F)(F)(F)(F)F.F[P-](F)(F)(F)(F)F.F[P-](F)(F)(F)(F)F.F[P-](F)(F)(F)(F)F.c1cc2ccc1C[n+]1ccc(cc1)-c1cc[n+](cc1)Cc1ccc(cc1)C[n+]1ccc(cc1)-c1cc[n+](cc1)C2. The van der Waals surface area contributed by atoms with Crippen molar-refractivity contribution in [3.63, 3.8) is 0 Å². The summed E-state index contributed by atoms with van der Waals surface area (Å²) < 4.78 is 328. The number of hydrogen-bond donors (Lipinski definition) is 1. The third kappa shape index (κ3) is 48.3. The van der Waals surface area contributed by atoms with Gasteiger partial charge in [-0.25, -0.2) is 18.3 Å². The topological polar surface area (TPSA) is 81.5 Å². The first-order chi connectivity index (χ1) is 60.0. The molecule has 5 aliphatic carbocycles. The summed E-state index contributed by atoms with van der Waals surface area (Å²) in [6.07, 6.45) is 35.3. The van der Waals surface area contributed by atoms with Gasteiger partial charge in [-0.05, 0) is 161 Å². The molecule has 5 aromatic carbocycles. The third-order valence-electron chi connectivity index (χ3n) is 20.7. The van der Waals surface area contributed by atoms with Crippen molar-refractivity contribution >= 4 is 61.8 Å². The number of pyridine rings is 4. The Morgan fingerprint density at radius 3 is 0.992 bits per heavy atom. The summed E-state index contributed by atoms with van der Waals surface area (Å²) in [4.78, 5) is 13.0. The molecule has 4 fully saturated rings. The van der Waals surface area contributed by atoms with Gasteiger partial charge in [-0.15, -0.1) is 0 Å². The molecule has 0 unspecified atom stereocenters. The molecule has 16 bridgehead atoms. The van der Waals surface area contributed by atoms with E-state index in [1.165, 1.54) is 91.6 Å². The van der Waals surface area contributed by atoms with Crippen LogP contribution in [-0.4, -0.2) is 45.6 Å². The molecule has 0 amide bonds. The van der Waals surface area contributed by atoms with E-state index in [0.717, 1.165) is 104 Å². The van der Waals surface area contributed by atoms with E-state index in [-0.39, 0.29) is 11.4 Å². The summed E-state index contributed by atoms with van der Waals surface area (Å²) in [5, 5.41) is 3.73. The number of carbonyl (C=O) groups excluding carboxylic acids is 1. The Bertz CT molecular complexity index is 5000. The van der Waals surface area contributed by atoms with Crippen LogP contribution in [0.3, 0.4) is 0 Å². The molecule has 0 spiro atoms. The average Bonchev–Trinajstić information content (AvgIpc) is 0.749. The zero-order valence-electron chi connectivity index (χ0n) is 72.0. The first-order valence-electron chi connectivity index (χ1n) is 41.1. The van der Waals surface area contributed by atoms with Crippen LogP contribution in [0.15, 0.2) is 226 Å². The molecule has 4 saturated carbocycles. The Morgan fingerprint density at radius 1 is 0.383 bits per heavy atom. The minimum atomic E-state index is -10.7. The largest absolute Gasteiger partial charge is 0.201 e. The molecule has 0 saturated heterocycles. The summed E-state index contributed by atoms with van der Waals surface area (Å²) in [7, 11) is -53.3. The standard InChI is InChI=1S/C52H66NO5.C36H32N4.5F6P/c1-35(2)45-29-48(36(3)4)50(49(30-45)37(5)6)34-53-46-16-12-43(13-17-46)41-8-7-9-42(11-10-41)44-14-18-47(19-15-44)57-24-22-55-20-21-56-23-25-58-51(54)52-31-38-26-39(32-52)28-40(27-38)33-52;1-2-30-4-3-29(1)25-37-17-9-33(10-18-37)35-13-21-39(22-14-35)27-31-5-7-32(8-6-31)28-40-23-15-36(16-24-40)34-11-19-38(26-30)20-12-34;5*1-7(2,3,4,5)6/h7-8,10,12-19,29-30,35-40,53H,9,20-28,31-34H2,1-6H3;1-24H,25-28H2;;;;;/q+1;+4;5*-1. The van der Waals surface area contributed by atoms with Gasteiger partial charge in [0.05, 0.1) is 43.0 Å². The molecule has 9 aromatic rings. The smallest absolute Gasteiger partial charge is 0.173 e. The predicted molar refractivity (Wildman–Crippen MR) is 458 cm³/mol. The average molecular weight is 2030 g/mol. The summed E-state index contributed by atoms with van der Waals surface area (Å²) in [5.41, 5.74) is 21.4. The summed E-state index contributed by atoms with van der Waals surface area (Å²) in [5.74, 6) is 4.51. The quantitative estimate of drug-likeness (QED) is 0.0217. The second kappa shape index (κ2) is 37.7. The van der Waals surface area contributed by atoms with Crippen LogP contribution in [0.4, 0.5) is 132 Å². The Balaban J connectivity index is 0.000000247. The molecule has 4 aromatic heterocycles. The van der Waals surface area contributed by atoms with Crippen LogP contribution in [0.1, 0.15) is 160 Å². The van der Waals surface area contributed by atoms with Crippen molar-refractivity contribution in [2.75, 3.05) is 45.0 Å². The van der Waals surface area contributed by atoms with E-state index in [9.17, 15) is 131 Å². The van der Waals surface area contributed by atoms with Crippen LogP contribution >= 0.6 is 39.0 Å². The Morgan fingerprint density at radius 2 is 0.684 bits per heavy atom. The number of rotatable bonds is 19. The number of carbonyl (C=O) groups is 1. The maximum absolute atomic E-state index is 13.0. The molecular weight excluding hydrogens is 1930 g/mol. The second-order valence-corrected chi connectivity index (χ2v) is 43.4. The van der Waals surface area contributed by atoms with Crippen molar-refractivity contribution in [2.45, 2.75) is 137 Å². The number of allylic oxidation sites excluding steroid dienone is 6. The number of aromatic nitrogens is 4. The van der Waals surface area contributed by atoms with E-state index in [4.69, 9.17) is 18.9 Å². The van der Waals surface area contributed by atoms with E-state index < -0.39 is 39.0 Å². The minimum Gasteiger partial charge on any atom is -0.201 e. The molecule has 10 nitrogen and oxygen atoms in total. The Hall–Kier alpha value is -9.13. The molecule has 20 heterocycles. The number of esters is 1. The van der Waals surface area contributed by atoms with Gasteiger partial charge in [0.25, 0.3) is 0 Å². The van der Waals surface area contributed by atoms with Gasteiger partial charge in [-0.2, -0.15) is 0 Å². The molecule has 21 aliphatic rings. The summed E-state index contributed by atoms with van der Waals surface area (Å²) >= 11 is 0. The van der Waals surface area contributed by atoms with E-state index in [1.54, 1.807) is 0 Å². The van der Waals surface area contributed by atoms with Crippen molar-refractivity contribution in [1.29, 1.82) is 0 Å². The van der Waals surface area contributed by atoms with Crippen molar-refractivity contribution in [3.05, 3.63) is 287 Å². The minimum absolute atomic E-state index is 0.0222. The van der Waals surface area contributed by atoms with Gasteiger partial charge < -0.3 is 24.3 Å². The fraction of sp³-hybridized carbons (Fsp3) is 0.352. The summed E-state index contributed by atoms with van der Waals surface area (Å²) in [6, 6.07) is 57.4. The maximum Gasteiger partial charge on any atom is 0.173 e. The van der Waals surface area contributed by atoms with Crippen molar-refractivity contribution in [2.24, 2.45) is 23.2 Å². The van der Waals surface area contributed by atoms with Gasteiger partial charge in [0.1, 0.15) is 30.6 Å². The van der Waals surface area contributed by atoms with Gasteiger partial charge in [0.2, 0.25) is 0 Å². The van der Waals surface area contributed by atoms with E-state index in [2.05, 4.69) is 285 Å². The number of nitrogens with one attached hydrogen (secondary N) is 1. The van der Waals surface area contributed by atoms with Crippen LogP contribution in [0.2, 0.25) is 0 Å². The van der Waals surface area contributed by atoms with Crippen molar-refractivity contribution in [3.8, 4) is 28.0 Å². The number of halogens is 30. The van der Waals surface area contributed by atoms with Gasteiger partial charge in [-0.3, -0.25) is 4.79 Å². The van der Waals surface area contributed by atoms with Crippen LogP contribution in [0, 0.1) is 29.2 Å². The zero-order chi connectivity index (χ0) is 99.4. The number of ether oxygens (including phenoxy) is 4. The van der Waals surface area contributed by atoms with Crippen LogP contribution in [-0.2, 0) is 51.7 Å². The Labute approximate surface area is 746 Å². The van der Waals surface area contributed by atoms with E-state index >= 15 is 0 Å². The number of nitrogens with zero attached hydrogens (tertiary/aromatic N) is 4. The van der Waals surface area contributed by atoms with Crippen molar-refractivity contribution < 1.29 is 168 Å². The predicted octanol–water partition coefficient (Wildman–Crippen LogP) is 33.7. The molecule has 45 heteroatoms. The van der Waals surface area contributed by atoms with Gasteiger partial charge >= 0.3 is 171 Å². The normalized spacial score (nSPS) is 19.6. The van der Waals surface area contributed by atoms with Gasteiger partial charge in [0.15, 0.2) is 75.8 Å². The zero-order valence-corrected chi connectivity index (χ0v) is 76.4. The summed E-state index contributed by atoms with van der Waals surface area (Å²) in [6.45, 7) is 20.6. The first-order valence-corrected chi connectivity index (χ1v) is 51.2. The molecule has 16 aliphatic heterocycles. The molecule has 30 rings (SSSR count). The maximum atomic E-state index is 13.0. The van der Waals surface area contributed by atoms with Crippen LogP contribution < -0.4 is 28.3 Å².